The summed E-state index contributed by atoms with van der Waals surface area (Å²) in [5.74, 6) is -0.0284. The minimum atomic E-state index is -0.527. The summed E-state index contributed by atoms with van der Waals surface area (Å²) in [5.41, 5.74) is 2.74. The van der Waals surface area contributed by atoms with Crippen LogP contribution in [0.4, 0.5) is 5.69 Å². The molecule has 29 heavy (non-hydrogen) atoms. The van der Waals surface area contributed by atoms with E-state index in [-0.39, 0.29) is 12.4 Å². The van der Waals surface area contributed by atoms with Crippen molar-refractivity contribution in [1.29, 1.82) is 0 Å². The van der Waals surface area contributed by atoms with Crippen LogP contribution < -0.4 is 15.0 Å². The molecule has 7 heteroatoms. The van der Waals surface area contributed by atoms with Crippen molar-refractivity contribution in [2.24, 2.45) is 0 Å². The molecule has 2 N–H and O–H groups in total. The maximum absolute atomic E-state index is 12.9. The molecule has 1 heterocycles. The van der Waals surface area contributed by atoms with E-state index in [0.29, 0.717) is 28.7 Å². The molecule has 0 aromatic heterocycles. The van der Waals surface area contributed by atoms with E-state index in [1.54, 1.807) is 25.1 Å². The van der Waals surface area contributed by atoms with Crippen molar-refractivity contribution < 1.29 is 19.4 Å². The summed E-state index contributed by atoms with van der Waals surface area (Å²) in [5, 5.41) is 13.8. The fourth-order valence-corrected chi connectivity index (χ4v) is 3.70. The fourth-order valence-electron chi connectivity index (χ4n) is 3.34. The van der Waals surface area contributed by atoms with Gasteiger partial charge in [0, 0.05) is 11.4 Å². The Balaban J connectivity index is 2.12. The van der Waals surface area contributed by atoms with E-state index in [2.05, 4.69) is 5.32 Å². The quantitative estimate of drug-likeness (QED) is 0.548. The molecule has 1 aliphatic heterocycles. The standard InChI is InChI=1S/C22H24N2O4S/c1-4-27-18-13-15(11-12-17(18)25)20-19(21(26)28-5-2)14(3)24(22(29)23-20)16-9-7-6-8-10-16/h6-13,20,25H,4-5H2,1-3H3,(H,23,29)/t20-/m1/s1. The van der Waals surface area contributed by atoms with Crippen molar-refractivity contribution in [2.75, 3.05) is 18.1 Å². The van der Waals surface area contributed by atoms with Gasteiger partial charge in [-0.25, -0.2) is 4.79 Å². The van der Waals surface area contributed by atoms with Crippen LogP contribution in [0.3, 0.4) is 0 Å². The van der Waals surface area contributed by atoms with Gasteiger partial charge in [-0.15, -0.1) is 0 Å². The highest BCUT2D eigenvalue weighted by Crippen LogP contribution is 2.37. The Morgan fingerprint density at radius 2 is 1.90 bits per heavy atom. The summed E-state index contributed by atoms with van der Waals surface area (Å²) in [6.45, 7) is 6.13. The Bertz CT molecular complexity index is 943. The van der Waals surface area contributed by atoms with Gasteiger partial charge in [-0.1, -0.05) is 24.3 Å². The van der Waals surface area contributed by atoms with Gasteiger partial charge >= 0.3 is 5.97 Å². The first-order chi connectivity index (χ1) is 14.0. The van der Waals surface area contributed by atoms with Crippen LogP contribution in [0.1, 0.15) is 32.4 Å². The van der Waals surface area contributed by atoms with Gasteiger partial charge in [0.2, 0.25) is 0 Å². The van der Waals surface area contributed by atoms with E-state index in [1.807, 2.05) is 49.1 Å². The molecule has 1 atom stereocenters. The molecule has 0 spiro atoms. The zero-order valence-electron chi connectivity index (χ0n) is 16.6. The number of thiocarbonyl (C=S) groups is 1. The van der Waals surface area contributed by atoms with Crippen LogP contribution in [0.25, 0.3) is 0 Å². The van der Waals surface area contributed by atoms with E-state index in [0.717, 1.165) is 11.3 Å². The number of hydrogen-bond acceptors (Lipinski definition) is 5. The predicted molar refractivity (Wildman–Crippen MR) is 116 cm³/mol. The number of nitrogens with one attached hydrogen (secondary N) is 1. The smallest absolute Gasteiger partial charge is 0.338 e. The van der Waals surface area contributed by atoms with E-state index in [4.69, 9.17) is 21.7 Å². The third-order valence-electron chi connectivity index (χ3n) is 4.61. The minimum absolute atomic E-state index is 0.0401. The highest BCUT2D eigenvalue weighted by Gasteiger charge is 2.35. The van der Waals surface area contributed by atoms with Crippen LogP contribution in [0.5, 0.6) is 11.5 Å². The van der Waals surface area contributed by atoms with Gasteiger partial charge < -0.3 is 19.9 Å². The Morgan fingerprint density at radius 3 is 2.55 bits per heavy atom. The number of ether oxygens (including phenoxy) is 2. The van der Waals surface area contributed by atoms with Gasteiger partial charge in [0.15, 0.2) is 16.6 Å². The van der Waals surface area contributed by atoms with Crippen LogP contribution >= 0.6 is 12.2 Å². The molecule has 2 aromatic carbocycles. The molecule has 6 nitrogen and oxygen atoms in total. The molecule has 0 saturated heterocycles. The molecular formula is C22H24N2O4S. The summed E-state index contributed by atoms with van der Waals surface area (Å²) < 4.78 is 10.8. The molecular weight excluding hydrogens is 388 g/mol. The maximum atomic E-state index is 12.9. The van der Waals surface area contributed by atoms with Crippen molar-refractivity contribution in [3.8, 4) is 11.5 Å². The summed E-state index contributed by atoms with van der Waals surface area (Å²) in [6, 6.07) is 14.1. The maximum Gasteiger partial charge on any atom is 0.338 e. The van der Waals surface area contributed by atoms with Crippen LogP contribution in [0.15, 0.2) is 59.8 Å². The monoisotopic (exact) mass is 412 g/mol. The average Bonchev–Trinajstić information content (AvgIpc) is 2.70. The number of esters is 1. The van der Waals surface area contributed by atoms with E-state index >= 15 is 0 Å². The zero-order valence-corrected chi connectivity index (χ0v) is 17.5. The lowest BCUT2D eigenvalue weighted by Gasteiger charge is -2.37. The van der Waals surface area contributed by atoms with Gasteiger partial charge in [0.05, 0.1) is 24.8 Å². The van der Waals surface area contributed by atoms with Crippen LogP contribution in [-0.4, -0.2) is 29.4 Å². The van der Waals surface area contributed by atoms with E-state index in [9.17, 15) is 9.90 Å². The number of para-hydroxylation sites is 1. The van der Waals surface area contributed by atoms with Crippen LogP contribution in [-0.2, 0) is 9.53 Å². The number of carbonyl (C=O) groups is 1. The second kappa shape index (κ2) is 8.96. The molecule has 1 aliphatic rings. The molecule has 0 amide bonds. The molecule has 3 rings (SSSR count). The summed E-state index contributed by atoms with van der Waals surface area (Å²) in [7, 11) is 0. The summed E-state index contributed by atoms with van der Waals surface area (Å²) in [4.78, 5) is 14.7. The molecule has 0 bridgehead atoms. The normalized spacial score (nSPS) is 16.4. The van der Waals surface area contributed by atoms with Gasteiger partial charge in [-0.05, 0) is 62.8 Å². The lowest BCUT2D eigenvalue weighted by Crippen LogP contribution is -2.48. The van der Waals surface area contributed by atoms with E-state index in [1.165, 1.54) is 0 Å². The third-order valence-corrected chi connectivity index (χ3v) is 4.91. The molecule has 0 aliphatic carbocycles. The highest BCUT2D eigenvalue weighted by atomic mass is 32.1. The average molecular weight is 413 g/mol. The second-order valence-electron chi connectivity index (χ2n) is 6.43. The molecule has 2 aromatic rings. The Hall–Kier alpha value is -3.06. The first-order valence-corrected chi connectivity index (χ1v) is 9.88. The number of aromatic hydroxyl groups is 1. The number of rotatable bonds is 6. The molecule has 0 radical (unpaired) electrons. The summed E-state index contributed by atoms with van der Waals surface area (Å²) in [6.07, 6.45) is 0. The number of hydrogen-bond donors (Lipinski definition) is 2. The van der Waals surface area contributed by atoms with Gasteiger partial charge in [-0.3, -0.25) is 4.90 Å². The Labute approximate surface area is 175 Å². The summed E-state index contributed by atoms with van der Waals surface area (Å²) >= 11 is 5.63. The van der Waals surface area contributed by atoms with Gasteiger partial charge in [-0.2, -0.15) is 0 Å². The van der Waals surface area contributed by atoms with Gasteiger partial charge in [0.25, 0.3) is 0 Å². The Morgan fingerprint density at radius 1 is 1.17 bits per heavy atom. The lowest BCUT2D eigenvalue weighted by molar-refractivity contribution is -0.139. The minimum Gasteiger partial charge on any atom is -0.504 e. The SMILES string of the molecule is CCOC(=O)C1=C(C)N(c2ccccc2)C(=S)N[C@@H]1c1ccc(O)c(OCC)c1. The predicted octanol–water partition coefficient (Wildman–Crippen LogP) is 4.06. The van der Waals surface area contributed by atoms with Crippen molar-refractivity contribution in [1.82, 2.24) is 5.32 Å². The highest BCUT2D eigenvalue weighted by molar-refractivity contribution is 7.80. The molecule has 152 valence electrons. The first kappa shape index (κ1) is 20.7. The second-order valence-corrected chi connectivity index (χ2v) is 6.82. The topological polar surface area (TPSA) is 71.0 Å². The fraction of sp³-hybridized carbons (Fsp3) is 0.273. The Kier molecular flexibility index (Phi) is 6.39. The van der Waals surface area contributed by atoms with Crippen LogP contribution in [0.2, 0.25) is 0 Å². The number of anilines is 1. The molecule has 0 unspecified atom stereocenters. The number of phenolic OH excluding ortho intramolecular Hbond substituents is 1. The van der Waals surface area contributed by atoms with Crippen molar-refractivity contribution >= 4 is 29.0 Å². The van der Waals surface area contributed by atoms with Gasteiger partial charge in [0.1, 0.15) is 0 Å². The molecule has 0 fully saturated rings. The van der Waals surface area contributed by atoms with Crippen LogP contribution in [0, 0.1) is 0 Å². The lowest BCUT2D eigenvalue weighted by atomic mass is 9.94. The number of allylic oxidation sites excluding steroid dienone is 1. The number of carbonyl (C=O) groups excluding carboxylic acids is 1. The third kappa shape index (κ3) is 4.19. The number of benzene rings is 2. The number of nitrogens with zero attached hydrogens (tertiary/aromatic N) is 1. The number of phenols is 1. The van der Waals surface area contributed by atoms with Crippen molar-refractivity contribution in [3.05, 3.63) is 65.4 Å². The first-order valence-electron chi connectivity index (χ1n) is 9.47. The largest absolute Gasteiger partial charge is 0.504 e. The molecule has 0 saturated carbocycles. The van der Waals surface area contributed by atoms with Crippen molar-refractivity contribution in [2.45, 2.75) is 26.8 Å². The van der Waals surface area contributed by atoms with Crippen molar-refractivity contribution in [3.63, 3.8) is 0 Å². The van der Waals surface area contributed by atoms with E-state index < -0.39 is 12.0 Å². The zero-order chi connectivity index (χ0) is 21.0.